The molecule has 0 saturated heterocycles. The summed E-state index contributed by atoms with van der Waals surface area (Å²) in [6.45, 7) is 2.43. The number of benzene rings is 2. The van der Waals surface area contributed by atoms with Crippen molar-refractivity contribution < 1.29 is 18.3 Å². The molecule has 0 aliphatic carbocycles. The van der Waals surface area contributed by atoms with Crippen LogP contribution in [0, 0.1) is 5.82 Å². The van der Waals surface area contributed by atoms with E-state index < -0.39 is 0 Å². The second kappa shape index (κ2) is 9.73. The lowest BCUT2D eigenvalue weighted by atomic mass is 10.0. The van der Waals surface area contributed by atoms with Crippen LogP contribution in [-0.2, 0) is 6.42 Å². The summed E-state index contributed by atoms with van der Waals surface area (Å²) >= 11 is 0. The molecule has 3 rings (SSSR count). The fourth-order valence-corrected chi connectivity index (χ4v) is 2.92. The van der Waals surface area contributed by atoms with Gasteiger partial charge in [0, 0.05) is 18.5 Å². The number of methoxy groups -OCH3 is 1. The van der Waals surface area contributed by atoms with Crippen LogP contribution in [0.25, 0.3) is 11.5 Å². The lowest BCUT2D eigenvalue weighted by molar-refractivity contribution is 0.237. The Kier molecular flexibility index (Phi) is 6.84. The van der Waals surface area contributed by atoms with Gasteiger partial charge in [-0.3, -0.25) is 0 Å². The van der Waals surface area contributed by atoms with E-state index in [1.165, 1.54) is 12.1 Å². The Hall–Kier alpha value is -3.35. The highest BCUT2D eigenvalue weighted by atomic mass is 19.1. The van der Waals surface area contributed by atoms with E-state index in [2.05, 4.69) is 15.6 Å². The van der Waals surface area contributed by atoms with Crippen molar-refractivity contribution in [3.05, 3.63) is 71.9 Å². The molecule has 0 aliphatic rings. The zero-order valence-corrected chi connectivity index (χ0v) is 16.4. The SMILES string of the molecule is CCC(NC(=O)NCCc1coc(-c2ccc(F)cc2)n1)c1ccc(OC)cc1. The van der Waals surface area contributed by atoms with Crippen LogP contribution in [0.15, 0.2) is 59.2 Å². The number of hydrogen-bond donors (Lipinski definition) is 2. The zero-order valence-electron chi connectivity index (χ0n) is 16.4. The Labute approximate surface area is 169 Å². The van der Waals surface area contributed by atoms with Gasteiger partial charge in [0.25, 0.3) is 0 Å². The number of nitrogens with one attached hydrogen (secondary N) is 2. The molecule has 2 N–H and O–H groups in total. The van der Waals surface area contributed by atoms with E-state index >= 15 is 0 Å². The molecule has 2 aromatic carbocycles. The summed E-state index contributed by atoms with van der Waals surface area (Å²) in [5, 5.41) is 5.81. The largest absolute Gasteiger partial charge is 0.497 e. The van der Waals surface area contributed by atoms with Gasteiger partial charge in [-0.1, -0.05) is 19.1 Å². The molecule has 3 aromatic rings. The first-order valence-corrected chi connectivity index (χ1v) is 9.47. The molecule has 1 aromatic heterocycles. The maximum Gasteiger partial charge on any atom is 0.315 e. The Bertz CT molecular complexity index is 923. The molecule has 0 fully saturated rings. The second-order valence-electron chi connectivity index (χ2n) is 6.54. The topological polar surface area (TPSA) is 76.4 Å². The molecule has 0 bridgehead atoms. The first kappa shape index (κ1) is 20.4. The molecule has 29 heavy (non-hydrogen) atoms. The molecule has 0 spiro atoms. The van der Waals surface area contributed by atoms with Gasteiger partial charge in [0.2, 0.25) is 5.89 Å². The van der Waals surface area contributed by atoms with Gasteiger partial charge in [0.1, 0.15) is 17.8 Å². The van der Waals surface area contributed by atoms with Crippen molar-refractivity contribution in [2.75, 3.05) is 13.7 Å². The predicted molar refractivity (Wildman–Crippen MR) is 108 cm³/mol. The number of aromatic nitrogens is 1. The van der Waals surface area contributed by atoms with Crippen molar-refractivity contribution in [1.82, 2.24) is 15.6 Å². The smallest absolute Gasteiger partial charge is 0.315 e. The molecule has 2 amide bonds. The Balaban J connectivity index is 1.48. The fraction of sp³-hybridized carbons (Fsp3) is 0.273. The number of carbonyl (C=O) groups is 1. The van der Waals surface area contributed by atoms with Gasteiger partial charge in [-0.25, -0.2) is 14.2 Å². The van der Waals surface area contributed by atoms with E-state index in [1.54, 1.807) is 25.5 Å². The van der Waals surface area contributed by atoms with Gasteiger partial charge < -0.3 is 19.8 Å². The number of urea groups is 1. The minimum atomic E-state index is -0.309. The number of amides is 2. The highest BCUT2D eigenvalue weighted by Gasteiger charge is 2.13. The van der Waals surface area contributed by atoms with Crippen molar-refractivity contribution in [2.45, 2.75) is 25.8 Å². The number of oxazole rings is 1. The lowest BCUT2D eigenvalue weighted by Gasteiger charge is -2.18. The van der Waals surface area contributed by atoms with Crippen LogP contribution in [0.4, 0.5) is 9.18 Å². The van der Waals surface area contributed by atoms with E-state index in [4.69, 9.17) is 9.15 Å². The third-order valence-corrected chi connectivity index (χ3v) is 4.54. The maximum atomic E-state index is 13.0. The van der Waals surface area contributed by atoms with Crippen LogP contribution in [-0.4, -0.2) is 24.7 Å². The van der Waals surface area contributed by atoms with Crippen LogP contribution in [0.2, 0.25) is 0 Å². The van der Waals surface area contributed by atoms with Crippen molar-refractivity contribution in [1.29, 1.82) is 0 Å². The summed E-state index contributed by atoms with van der Waals surface area (Å²) in [5.41, 5.74) is 2.43. The molecule has 7 heteroatoms. The molecular weight excluding hydrogens is 373 g/mol. The van der Waals surface area contributed by atoms with E-state index in [1.807, 2.05) is 31.2 Å². The van der Waals surface area contributed by atoms with Gasteiger partial charge in [0.15, 0.2) is 0 Å². The van der Waals surface area contributed by atoms with E-state index in [-0.39, 0.29) is 17.9 Å². The Morgan fingerprint density at radius 3 is 2.55 bits per heavy atom. The molecule has 0 saturated carbocycles. The number of hydrogen-bond acceptors (Lipinski definition) is 4. The summed E-state index contributed by atoms with van der Waals surface area (Å²) in [6.07, 6.45) is 2.84. The molecule has 0 radical (unpaired) electrons. The van der Waals surface area contributed by atoms with Gasteiger partial charge in [0.05, 0.1) is 18.8 Å². The number of halogens is 1. The van der Waals surface area contributed by atoms with Crippen molar-refractivity contribution in [2.24, 2.45) is 0 Å². The van der Waals surface area contributed by atoms with Crippen molar-refractivity contribution in [3.63, 3.8) is 0 Å². The van der Waals surface area contributed by atoms with E-state index in [0.29, 0.717) is 30.1 Å². The molecular formula is C22H24FN3O3. The number of rotatable bonds is 8. The van der Waals surface area contributed by atoms with Crippen LogP contribution < -0.4 is 15.4 Å². The first-order valence-electron chi connectivity index (χ1n) is 9.47. The summed E-state index contributed by atoms with van der Waals surface area (Å²) in [5.74, 6) is 0.895. The van der Waals surface area contributed by atoms with Crippen LogP contribution in [0.5, 0.6) is 5.75 Å². The van der Waals surface area contributed by atoms with Crippen LogP contribution in [0.1, 0.15) is 30.6 Å². The van der Waals surface area contributed by atoms with E-state index in [0.717, 1.165) is 17.7 Å². The van der Waals surface area contributed by atoms with E-state index in [9.17, 15) is 9.18 Å². The molecule has 1 atom stereocenters. The highest BCUT2D eigenvalue weighted by molar-refractivity contribution is 5.74. The lowest BCUT2D eigenvalue weighted by Crippen LogP contribution is -2.38. The van der Waals surface area contributed by atoms with Gasteiger partial charge in [-0.05, 0) is 48.4 Å². The summed E-state index contributed by atoms with van der Waals surface area (Å²) < 4.78 is 23.6. The third kappa shape index (κ3) is 5.57. The second-order valence-corrected chi connectivity index (χ2v) is 6.54. The standard InChI is InChI=1S/C22H24FN3O3/c1-3-20(15-6-10-19(28-2)11-7-15)26-22(27)24-13-12-18-14-29-21(25-18)16-4-8-17(23)9-5-16/h4-11,14,20H,3,12-13H2,1-2H3,(H2,24,26,27). The normalized spacial score (nSPS) is 11.7. The number of nitrogens with zero attached hydrogens (tertiary/aromatic N) is 1. The Morgan fingerprint density at radius 1 is 1.17 bits per heavy atom. The van der Waals surface area contributed by atoms with Crippen molar-refractivity contribution in [3.8, 4) is 17.2 Å². The van der Waals surface area contributed by atoms with Gasteiger partial charge in [-0.2, -0.15) is 0 Å². The predicted octanol–water partition coefficient (Wildman–Crippen LogP) is 4.48. The fourth-order valence-electron chi connectivity index (χ4n) is 2.92. The summed E-state index contributed by atoms with van der Waals surface area (Å²) in [6, 6.07) is 13.3. The summed E-state index contributed by atoms with van der Waals surface area (Å²) in [4.78, 5) is 16.6. The average Bonchev–Trinajstić information content (AvgIpc) is 3.21. The van der Waals surface area contributed by atoms with Gasteiger partial charge in [-0.15, -0.1) is 0 Å². The molecule has 1 heterocycles. The molecule has 152 valence electrons. The average molecular weight is 397 g/mol. The minimum absolute atomic E-state index is 0.0852. The third-order valence-electron chi connectivity index (χ3n) is 4.54. The monoisotopic (exact) mass is 397 g/mol. The first-order chi connectivity index (χ1) is 14.1. The molecule has 0 aliphatic heterocycles. The van der Waals surface area contributed by atoms with Crippen LogP contribution >= 0.6 is 0 Å². The van der Waals surface area contributed by atoms with Crippen LogP contribution in [0.3, 0.4) is 0 Å². The minimum Gasteiger partial charge on any atom is -0.497 e. The highest BCUT2D eigenvalue weighted by Crippen LogP contribution is 2.20. The molecule has 1 unspecified atom stereocenters. The van der Waals surface area contributed by atoms with Gasteiger partial charge >= 0.3 is 6.03 Å². The van der Waals surface area contributed by atoms with Crippen molar-refractivity contribution >= 4 is 6.03 Å². The quantitative estimate of drug-likeness (QED) is 0.587. The number of carbonyl (C=O) groups excluding carboxylic acids is 1. The zero-order chi connectivity index (χ0) is 20.6. The Morgan fingerprint density at radius 2 is 1.90 bits per heavy atom. The number of ether oxygens (including phenoxy) is 1. The maximum absolute atomic E-state index is 13.0. The summed E-state index contributed by atoms with van der Waals surface area (Å²) in [7, 11) is 1.62. The molecule has 6 nitrogen and oxygen atoms in total.